The van der Waals surface area contributed by atoms with Crippen LogP contribution >= 0.6 is 0 Å². The molecule has 1 aromatic heterocycles. The number of nitrogens with zero attached hydrogens (tertiary/aromatic N) is 2. The van der Waals surface area contributed by atoms with Gasteiger partial charge >= 0.3 is 0 Å². The van der Waals surface area contributed by atoms with Gasteiger partial charge in [0.05, 0.1) is 0 Å². The number of pyridine rings is 1. The third-order valence-corrected chi connectivity index (χ3v) is 4.12. The normalized spacial score (nSPS) is 16.6. The van der Waals surface area contributed by atoms with Crippen LogP contribution in [0.25, 0.3) is 0 Å². The zero-order valence-corrected chi connectivity index (χ0v) is 12.6. The van der Waals surface area contributed by atoms with E-state index in [-0.39, 0.29) is 11.9 Å². The zero-order chi connectivity index (χ0) is 15.2. The smallest absolute Gasteiger partial charge is 0.123 e. The topological polar surface area (TPSA) is 25.4 Å². The maximum absolute atomic E-state index is 12.9. The van der Waals surface area contributed by atoms with E-state index in [1.54, 1.807) is 12.1 Å². The molecule has 0 radical (unpaired) electrons. The Morgan fingerprint density at radius 3 is 2.41 bits per heavy atom. The molecule has 0 saturated carbocycles. The first-order valence-corrected chi connectivity index (χ1v) is 7.83. The first kappa shape index (κ1) is 15.0. The number of halogens is 1. The molecule has 116 valence electrons. The average Bonchev–Trinajstić information content (AvgIpc) is 2.57. The third-order valence-electron chi connectivity index (χ3n) is 4.12. The molecular weight excluding hydrogens is 279 g/mol. The Kier molecular flexibility index (Phi) is 5.01. The monoisotopic (exact) mass is 300 g/mol. The molecule has 2 aromatic rings. The Hall–Kier alpha value is -1.94. The minimum Gasteiger partial charge on any atom is -0.490 e. The van der Waals surface area contributed by atoms with E-state index in [2.05, 4.69) is 22.0 Å². The number of hydrogen-bond acceptors (Lipinski definition) is 3. The van der Waals surface area contributed by atoms with Gasteiger partial charge in [-0.05, 0) is 61.2 Å². The molecule has 2 heterocycles. The van der Waals surface area contributed by atoms with Gasteiger partial charge in [0, 0.05) is 32.0 Å². The van der Waals surface area contributed by atoms with Crippen LogP contribution in [0.5, 0.6) is 5.75 Å². The van der Waals surface area contributed by atoms with Crippen molar-refractivity contribution in [3.05, 3.63) is 60.2 Å². The van der Waals surface area contributed by atoms with Crippen molar-refractivity contribution < 1.29 is 9.13 Å². The van der Waals surface area contributed by atoms with Crippen molar-refractivity contribution in [3.8, 4) is 5.75 Å². The van der Waals surface area contributed by atoms with E-state index >= 15 is 0 Å². The van der Waals surface area contributed by atoms with Crippen molar-refractivity contribution >= 4 is 0 Å². The number of benzene rings is 1. The van der Waals surface area contributed by atoms with Crippen molar-refractivity contribution in [3.63, 3.8) is 0 Å². The van der Waals surface area contributed by atoms with Crippen LogP contribution in [-0.2, 0) is 6.42 Å². The van der Waals surface area contributed by atoms with E-state index in [1.807, 2.05) is 12.4 Å². The van der Waals surface area contributed by atoms with Crippen LogP contribution in [0, 0.1) is 5.82 Å². The quantitative estimate of drug-likeness (QED) is 0.847. The summed E-state index contributed by atoms with van der Waals surface area (Å²) in [7, 11) is 0. The number of likely N-dealkylation sites (tertiary alicyclic amines) is 1. The van der Waals surface area contributed by atoms with Gasteiger partial charge in [0.25, 0.3) is 0 Å². The number of piperidine rings is 1. The molecule has 0 spiro atoms. The molecule has 0 atom stereocenters. The lowest BCUT2D eigenvalue weighted by Gasteiger charge is -2.32. The summed E-state index contributed by atoms with van der Waals surface area (Å²) in [5.41, 5.74) is 1.33. The van der Waals surface area contributed by atoms with Crippen LogP contribution in [-0.4, -0.2) is 35.6 Å². The second-order valence-corrected chi connectivity index (χ2v) is 5.72. The highest BCUT2D eigenvalue weighted by atomic mass is 19.1. The van der Waals surface area contributed by atoms with Gasteiger partial charge in [-0.3, -0.25) is 4.98 Å². The summed E-state index contributed by atoms with van der Waals surface area (Å²) < 4.78 is 18.8. The van der Waals surface area contributed by atoms with Crippen molar-refractivity contribution in [1.82, 2.24) is 9.88 Å². The lowest BCUT2D eigenvalue weighted by molar-refractivity contribution is 0.101. The van der Waals surface area contributed by atoms with Gasteiger partial charge in [0.15, 0.2) is 0 Å². The van der Waals surface area contributed by atoms with Gasteiger partial charge in [-0.1, -0.05) is 0 Å². The second kappa shape index (κ2) is 7.36. The minimum atomic E-state index is -0.224. The molecule has 0 aliphatic carbocycles. The van der Waals surface area contributed by atoms with E-state index in [4.69, 9.17) is 4.74 Å². The van der Waals surface area contributed by atoms with E-state index in [1.165, 1.54) is 17.7 Å². The number of ether oxygens (including phenoxy) is 1. The van der Waals surface area contributed by atoms with Crippen molar-refractivity contribution in [1.29, 1.82) is 0 Å². The van der Waals surface area contributed by atoms with Crippen molar-refractivity contribution in [2.75, 3.05) is 19.6 Å². The summed E-state index contributed by atoms with van der Waals surface area (Å²) in [6, 6.07) is 10.4. The van der Waals surface area contributed by atoms with Crippen molar-refractivity contribution in [2.45, 2.75) is 25.4 Å². The van der Waals surface area contributed by atoms with Gasteiger partial charge in [0.1, 0.15) is 17.7 Å². The fourth-order valence-corrected chi connectivity index (χ4v) is 2.79. The Bertz CT molecular complexity index is 565. The Morgan fingerprint density at radius 2 is 1.73 bits per heavy atom. The SMILES string of the molecule is Fc1ccc(OC2CCN(CCc3ccncc3)CC2)cc1. The first-order valence-electron chi connectivity index (χ1n) is 7.83. The summed E-state index contributed by atoms with van der Waals surface area (Å²) in [6.45, 7) is 3.18. The molecular formula is C18H21FN2O. The summed E-state index contributed by atoms with van der Waals surface area (Å²) >= 11 is 0. The molecule has 3 rings (SSSR count). The van der Waals surface area contributed by atoms with E-state index in [0.717, 1.165) is 44.6 Å². The number of hydrogen-bond donors (Lipinski definition) is 0. The average molecular weight is 300 g/mol. The molecule has 1 aliphatic rings. The Morgan fingerprint density at radius 1 is 1.05 bits per heavy atom. The first-order chi connectivity index (χ1) is 10.8. The maximum atomic E-state index is 12.9. The molecule has 0 bridgehead atoms. The van der Waals surface area contributed by atoms with Gasteiger partial charge in [-0.15, -0.1) is 0 Å². The summed E-state index contributed by atoms with van der Waals surface area (Å²) in [5.74, 6) is 0.537. The Balaban J connectivity index is 1.41. The molecule has 1 aliphatic heterocycles. The van der Waals surface area contributed by atoms with Crippen LogP contribution < -0.4 is 4.74 Å². The van der Waals surface area contributed by atoms with Crippen LogP contribution in [0.15, 0.2) is 48.8 Å². The molecule has 0 amide bonds. The number of aromatic nitrogens is 1. The molecule has 1 saturated heterocycles. The predicted molar refractivity (Wildman–Crippen MR) is 84.4 cm³/mol. The second-order valence-electron chi connectivity index (χ2n) is 5.72. The van der Waals surface area contributed by atoms with Gasteiger partial charge in [-0.2, -0.15) is 0 Å². The fourth-order valence-electron chi connectivity index (χ4n) is 2.79. The van der Waals surface area contributed by atoms with Crippen LogP contribution in [0.4, 0.5) is 4.39 Å². The maximum Gasteiger partial charge on any atom is 0.123 e. The predicted octanol–water partition coefficient (Wildman–Crippen LogP) is 3.31. The summed E-state index contributed by atoms with van der Waals surface area (Å²) in [6.07, 6.45) is 7.03. The molecule has 1 aromatic carbocycles. The van der Waals surface area contributed by atoms with Crippen LogP contribution in [0.1, 0.15) is 18.4 Å². The number of rotatable bonds is 5. The highest BCUT2D eigenvalue weighted by molar-refractivity contribution is 5.22. The lowest BCUT2D eigenvalue weighted by Crippen LogP contribution is -2.39. The summed E-state index contributed by atoms with van der Waals surface area (Å²) in [4.78, 5) is 6.52. The third kappa shape index (κ3) is 4.28. The van der Waals surface area contributed by atoms with Gasteiger partial charge < -0.3 is 9.64 Å². The van der Waals surface area contributed by atoms with E-state index in [0.29, 0.717) is 0 Å². The van der Waals surface area contributed by atoms with E-state index < -0.39 is 0 Å². The molecule has 1 fully saturated rings. The van der Waals surface area contributed by atoms with Gasteiger partial charge in [0.2, 0.25) is 0 Å². The largest absolute Gasteiger partial charge is 0.490 e. The summed E-state index contributed by atoms with van der Waals surface area (Å²) in [5, 5.41) is 0. The molecule has 0 unspecified atom stereocenters. The van der Waals surface area contributed by atoms with Crippen LogP contribution in [0.2, 0.25) is 0 Å². The molecule has 0 N–H and O–H groups in total. The molecule has 22 heavy (non-hydrogen) atoms. The van der Waals surface area contributed by atoms with Gasteiger partial charge in [-0.25, -0.2) is 4.39 Å². The van der Waals surface area contributed by atoms with Crippen LogP contribution in [0.3, 0.4) is 0 Å². The van der Waals surface area contributed by atoms with E-state index in [9.17, 15) is 4.39 Å². The highest BCUT2D eigenvalue weighted by Crippen LogP contribution is 2.19. The fraction of sp³-hybridized carbons (Fsp3) is 0.389. The standard InChI is InChI=1S/C18H21FN2O/c19-16-1-3-17(4-2-16)22-18-8-13-21(14-9-18)12-7-15-5-10-20-11-6-15/h1-6,10-11,18H,7-9,12-14H2. The minimum absolute atomic E-state index is 0.224. The molecule has 4 heteroatoms. The Labute approximate surface area is 130 Å². The zero-order valence-electron chi connectivity index (χ0n) is 12.6. The molecule has 3 nitrogen and oxygen atoms in total. The highest BCUT2D eigenvalue weighted by Gasteiger charge is 2.20. The van der Waals surface area contributed by atoms with Crippen molar-refractivity contribution in [2.24, 2.45) is 0 Å². The lowest BCUT2D eigenvalue weighted by atomic mass is 10.1.